The standard InChI is InChI=1S/C14H19N3S/c1-10-3-2-4-12-14(10)17-13(16-12)5-7-15-11-6-8-18-9-11/h2-4,11,15H,5-9H2,1H3,(H,16,17). The van der Waals surface area contributed by atoms with Gasteiger partial charge in [0.25, 0.3) is 0 Å². The Morgan fingerprint density at radius 1 is 1.50 bits per heavy atom. The maximum atomic E-state index is 4.68. The highest BCUT2D eigenvalue weighted by atomic mass is 32.2. The van der Waals surface area contributed by atoms with Crippen LogP contribution in [0.15, 0.2) is 18.2 Å². The molecule has 0 aliphatic carbocycles. The van der Waals surface area contributed by atoms with Crippen LogP contribution in [0.1, 0.15) is 17.8 Å². The first-order chi connectivity index (χ1) is 8.83. The number of aromatic nitrogens is 2. The molecule has 18 heavy (non-hydrogen) atoms. The number of rotatable bonds is 4. The van der Waals surface area contributed by atoms with Crippen molar-refractivity contribution >= 4 is 22.8 Å². The van der Waals surface area contributed by atoms with E-state index in [0.29, 0.717) is 6.04 Å². The van der Waals surface area contributed by atoms with E-state index in [1.807, 2.05) is 11.8 Å². The summed E-state index contributed by atoms with van der Waals surface area (Å²) in [6.07, 6.45) is 2.29. The lowest BCUT2D eigenvalue weighted by atomic mass is 10.2. The van der Waals surface area contributed by atoms with E-state index in [9.17, 15) is 0 Å². The molecule has 3 nitrogen and oxygen atoms in total. The number of thioether (sulfide) groups is 1. The minimum atomic E-state index is 0.709. The largest absolute Gasteiger partial charge is 0.342 e. The van der Waals surface area contributed by atoms with Crippen molar-refractivity contribution in [2.24, 2.45) is 0 Å². The van der Waals surface area contributed by atoms with Crippen LogP contribution in [0.2, 0.25) is 0 Å². The summed E-state index contributed by atoms with van der Waals surface area (Å²) >= 11 is 2.05. The van der Waals surface area contributed by atoms with Gasteiger partial charge in [0.1, 0.15) is 5.82 Å². The zero-order chi connectivity index (χ0) is 12.4. The summed E-state index contributed by atoms with van der Waals surface area (Å²) in [7, 11) is 0. The van der Waals surface area contributed by atoms with Gasteiger partial charge < -0.3 is 10.3 Å². The number of fused-ring (bicyclic) bond motifs is 1. The molecule has 1 unspecified atom stereocenters. The van der Waals surface area contributed by atoms with Crippen molar-refractivity contribution in [2.45, 2.75) is 25.8 Å². The third-order valence-corrected chi connectivity index (χ3v) is 4.65. The lowest BCUT2D eigenvalue weighted by Gasteiger charge is -2.09. The molecule has 1 fully saturated rings. The molecule has 1 aliphatic heterocycles. The van der Waals surface area contributed by atoms with E-state index < -0.39 is 0 Å². The van der Waals surface area contributed by atoms with Gasteiger partial charge in [0.05, 0.1) is 11.0 Å². The van der Waals surface area contributed by atoms with Crippen LogP contribution in [0.3, 0.4) is 0 Å². The van der Waals surface area contributed by atoms with E-state index >= 15 is 0 Å². The summed E-state index contributed by atoms with van der Waals surface area (Å²) in [4.78, 5) is 8.08. The molecule has 0 spiro atoms. The molecule has 0 bridgehead atoms. The van der Waals surface area contributed by atoms with Gasteiger partial charge in [-0.15, -0.1) is 0 Å². The lowest BCUT2D eigenvalue weighted by Crippen LogP contribution is -2.30. The Bertz CT molecular complexity index is 529. The molecule has 1 atom stereocenters. The molecule has 4 heteroatoms. The Morgan fingerprint density at radius 3 is 3.22 bits per heavy atom. The zero-order valence-corrected chi connectivity index (χ0v) is 11.5. The van der Waals surface area contributed by atoms with Gasteiger partial charge in [0.2, 0.25) is 0 Å². The van der Waals surface area contributed by atoms with Gasteiger partial charge in [-0.25, -0.2) is 4.98 Å². The molecule has 0 radical (unpaired) electrons. The first-order valence-corrected chi connectivity index (χ1v) is 7.74. The van der Waals surface area contributed by atoms with Crippen LogP contribution < -0.4 is 5.32 Å². The molecule has 2 N–H and O–H groups in total. The van der Waals surface area contributed by atoms with Crippen molar-refractivity contribution in [1.29, 1.82) is 0 Å². The fraction of sp³-hybridized carbons (Fsp3) is 0.500. The van der Waals surface area contributed by atoms with Crippen LogP contribution in [0.4, 0.5) is 0 Å². The van der Waals surface area contributed by atoms with E-state index in [0.717, 1.165) is 29.8 Å². The Morgan fingerprint density at radius 2 is 2.44 bits per heavy atom. The summed E-state index contributed by atoms with van der Waals surface area (Å²) in [5.74, 6) is 3.67. The molecule has 3 rings (SSSR count). The number of benzene rings is 1. The van der Waals surface area contributed by atoms with Gasteiger partial charge in [-0.1, -0.05) is 12.1 Å². The van der Waals surface area contributed by atoms with Gasteiger partial charge >= 0.3 is 0 Å². The van der Waals surface area contributed by atoms with Crippen molar-refractivity contribution in [3.05, 3.63) is 29.6 Å². The maximum Gasteiger partial charge on any atom is 0.108 e. The van der Waals surface area contributed by atoms with Gasteiger partial charge in [0, 0.05) is 24.8 Å². The second-order valence-corrected chi connectivity index (χ2v) is 6.07. The lowest BCUT2D eigenvalue weighted by molar-refractivity contribution is 0.556. The predicted molar refractivity (Wildman–Crippen MR) is 78.3 cm³/mol. The van der Waals surface area contributed by atoms with Crippen molar-refractivity contribution in [2.75, 3.05) is 18.1 Å². The number of hydrogen-bond acceptors (Lipinski definition) is 3. The fourth-order valence-corrected chi connectivity index (χ4v) is 3.62. The summed E-state index contributed by atoms with van der Waals surface area (Å²) in [6.45, 7) is 3.13. The molecule has 1 aromatic carbocycles. The molecule has 0 amide bonds. The smallest absolute Gasteiger partial charge is 0.108 e. The minimum absolute atomic E-state index is 0.709. The molecule has 2 heterocycles. The molecule has 1 aliphatic rings. The molecule has 2 aromatic rings. The molecule has 1 saturated heterocycles. The molecule has 96 valence electrons. The molecular formula is C14H19N3S. The summed E-state index contributed by atoms with van der Waals surface area (Å²) in [5.41, 5.74) is 3.51. The van der Waals surface area contributed by atoms with E-state index in [-0.39, 0.29) is 0 Å². The highest BCUT2D eigenvalue weighted by Gasteiger charge is 2.14. The Balaban J connectivity index is 1.62. The van der Waals surface area contributed by atoms with Crippen LogP contribution in [0.25, 0.3) is 11.0 Å². The Kier molecular flexibility index (Phi) is 3.57. The van der Waals surface area contributed by atoms with E-state index in [2.05, 4.69) is 40.4 Å². The average Bonchev–Trinajstić information content (AvgIpc) is 2.98. The van der Waals surface area contributed by atoms with Crippen molar-refractivity contribution in [3.8, 4) is 0 Å². The van der Waals surface area contributed by atoms with Gasteiger partial charge in [-0.3, -0.25) is 0 Å². The molecule has 1 aromatic heterocycles. The molecular weight excluding hydrogens is 242 g/mol. The van der Waals surface area contributed by atoms with Crippen molar-refractivity contribution < 1.29 is 0 Å². The van der Waals surface area contributed by atoms with E-state index in [1.165, 1.54) is 23.5 Å². The Labute approximate surface area is 112 Å². The minimum Gasteiger partial charge on any atom is -0.342 e. The third kappa shape index (κ3) is 2.54. The van der Waals surface area contributed by atoms with Crippen molar-refractivity contribution in [1.82, 2.24) is 15.3 Å². The SMILES string of the molecule is Cc1cccc2[nH]c(CCNC3CCSC3)nc12. The van der Waals surface area contributed by atoms with Gasteiger partial charge in [0.15, 0.2) is 0 Å². The number of para-hydroxylation sites is 1. The third-order valence-electron chi connectivity index (χ3n) is 3.49. The average molecular weight is 261 g/mol. The normalized spacial score (nSPS) is 19.7. The highest BCUT2D eigenvalue weighted by Crippen LogP contribution is 2.17. The summed E-state index contributed by atoms with van der Waals surface area (Å²) in [6, 6.07) is 7.00. The van der Waals surface area contributed by atoms with Crippen LogP contribution in [-0.4, -0.2) is 34.1 Å². The van der Waals surface area contributed by atoms with Crippen LogP contribution in [0.5, 0.6) is 0 Å². The second-order valence-electron chi connectivity index (χ2n) is 4.92. The quantitative estimate of drug-likeness (QED) is 0.888. The number of hydrogen-bond donors (Lipinski definition) is 2. The monoisotopic (exact) mass is 261 g/mol. The summed E-state index contributed by atoms with van der Waals surface area (Å²) in [5, 5.41) is 3.61. The van der Waals surface area contributed by atoms with Crippen LogP contribution in [-0.2, 0) is 6.42 Å². The van der Waals surface area contributed by atoms with Crippen LogP contribution in [0, 0.1) is 6.92 Å². The first-order valence-electron chi connectivity index (χ1n) is 6.58. The Hall–Kier alpha value is -1.00. The van der Waals surface area contributed by atoms with E-state index in [4.69, 9.17) is 0 Å². The number of aryl methyl sites for hydroxylation is 1. The van der Waals surface area contributed by atoms with Gasteiger partial charge in [-0.05, 0) is 30.7 Å². The van der Waals surface area contributed by atoms with Crippen molar-refractivity contribution in [3.63, 3.8) is 0 Å². The predicted octanol–water partition coefficient (Wildman–Crippen LogP) is 2.51. The van der Waals surface area contributed by atoms with Crippen LogP contribution >= 0.6 is 11.8 Å². The maximum absolute atomic E-state index is 4.68. The topological polar surface area (TPSA) is 40.7 Å². The number of imidazole rings is 1. The number of nitrogens with zero attached hydrogens (tertiary/aromatic N) is 1. The number of nitrogens with one attached hydrogen (secondary N) is 2. The molecule has 0 saturated carbocycles. The first kappa shape index (κ1) is 12.1. The fourth-order valence-electron chi connectivity index (χ4n) is 2.44. The number of aromatic amines is 1. The number of H-pyrrole nitrogens is 1. The second kappa shape index (κ2) is 5.33. The summed E-state index contributed by atoms with van der Waals surface area (Å²) < 4.78 is 0. The van der Waals surface area contributed by atoms with E-state index in [1.54, 1.807) is 0 Å². The zero-order valence-electron chi connectivity index (χ0n) is 10.7. The highest BCUT2D eigenvalue weighted by molar-refractivity contribution is 7.99. The van der Waals surface area contributed by atoms with Gasteiger partial charge in [-0.2, -0.15) is 11.8 Å².